The third-order valence-electron chi connectivity index (χ3n) is 7.73. The molecule has 0 aliphatic heterocycles. The summed E-state index contributed by atoms with van der Waals surface area (Å²) in [6, 6.07) is 0.0473. The highest BCUT2D eigenvalue weighted by molar-refractivity contribution is 7.99. The van der Waals surface area contributed by atoms with E-state index < -0.39 is 17.1 Å². The quantitative estimate of drug-likeness (QED) is 0.428. The lowest BCUT2D eigenvalue weighted by molar-refractivity contribution is -0.137. The van der Waals surface area contributed by atoms with Gasteiger partial charge in [-0.05, 0) is 70.6 Å². The number of ether oxygens (including phenoxy) is 1. The van der Waals surface area contributed by atoms with Gasteiger partial charge in [0.15, 0.2) is 0 Å². The highest BCUT2D eigenvalue weighted by atomic mass is 32.2. The fourth-order valence-electron chi connectivity index (χ4n) is 6.43. The molecule has 3 amide bonds. The van der Waals surface area contributed by atoms with Crippen molar-refractivity contribution in [3.63, 3.8) is 0 Å². The summed E-state index contributed by atoms with van der Waals surface area (Å²) in [7, 11) is 0. The number of thioether (sulfide) groups is 1. The second-order valence-electron chi connectivity index (χ2n) is 11.4. The first kappa shape index (κ1) is 26.6. The largest absolute Gasteiger partial charge is 0.443 e. The van der Waals surface area contributed by atoms with Gasteiger partial charge in [0.1, 0.15) is 10.6 Å². The van der Waals surface area contributed by atoms with Crippen LogP contribution in [0.25, 0.3) is 6.20 Å². The summed E-state index contributed by atoms with van der Waals surface area (Å²) in [5, 5.41) is 11.6. The Labute approximate surface area is 217 Å². The number of carbonyl (C=O) groups excluding carboxylic acids is 3. The van der Waals surface area contributed by atoms with Gasteiger partial charge < -0.3 is 21.1 Å². The maximum absolute atomic E-state index is 13.5. The first-order valence-corrected chi connectivity index (χ1v) is 13.8. The number of nitrogens with two attached hydrogens (primary N) is 1. The first-order valence-electron chi connectivity index (χ1n) is 12.9. The van der Waals surface area contributed by atoms with E-state index >= 15 is 0 Å². The molecule has 4 aliphatic rings. The van der Waals surface area contributed by atoms with Gasteiger partial charge >= 0.3 is 6.09 Å². The summed E-state index contributed by atoms with van der Waals surface area (Å²) >= 11 is 1.57. The van der Waals surface area contributed by atoms with Crippen LogP contribution in [0.3, 0.4) is 0 Å². The van der Waals surface area contributed by atoms with Crippen LogP contribution in [0.1, 0.15) is 77.1 Å². The van der Waals surface area contributed by atoms with E-state index in [0.29, 0.717) is 18.0 Å². The molecule has 0 aromatic carbocycles. The molecular formula is C26H39N5O4S. The van der Waals surface area contributed by atoms with Gasteiger partial charge in [-0.15, -0.1) is 11.8 Å². The van der Waals surface area contributed by atoms with E-state index in [1.165, 1.54) is 0 Å². The summed E-state index contributed by atoms with van der Waals surface area (Å²) in [6.45, 7) is 10.3. The Morgan fingerprint density at radius 1 is 1.28 bits per heavy atom. The number of aromatic nitrogens is 2. The first-order chi connectivity index (χ1) is 16.9. The summed E-state index contributed by atoms with van der Waals surface area (Å²) in [5.74, 6) is 0.859. The van der Waals surface area contributed by atoms with Gasteiger partial charge in [0.25, 0.3) is 5.91 Å². The molecule has 5 rings (SSSR count). The minimum Gasteiger partial charge on any atom is -0.443 e. The van der Waals surface area contributed by atoms with Crippen LogP contribution in [0.4, 0.5) is 4.79 Å². The topological polar surface area (TPSA) is 128 Å². The Morgan fingerprint density at radius 3 is 2.53 bits per heavy atom. The molecule has 10 heteroatoms. The van der Waals surface area contributed by atoms with E-state index in [4.69, 9.17) is 10.5 Å². The van der Waals surface area contributed by atoms with Crippen molar-refractivity contribution in [3.05, 3.63) is 17.8 Å². The van der Waals surface area contributed by atoms with Crippen molar-refractivity contribution in [2.75, 3.05) is 6.54 Å². The lowest BCUT2D eigenvalue weighted by atomic mass is 9.52. The number of primary amides is 1. The van der Waals surface area contributed by atoms with E-state index in [0.717, 1.165) is 37.1 Å². The molecule has 4 bridgehead atoms. The molecule has 4 N–H and O–H groups in total. The number of hydrogen-bond donors (Lipinski definition) is 3. The highest BCUT2D eigenvalue weighted by Gasteiger charge is 2.57. The van der Waals surface area contributed by atoms with Crippen LogP contribution in [0.2, 0.25) is 0 Å². The van der Waals surface area contributed by atoms with E-state index in [9.17, 15) is 14.4 Å². The number of nitrogens with zero attached hydrogens (tertiary/aromatic N) is 2. The maximum Gasteiger partial charge on any atom is 0.405 e. The fraction of sp³-hybridized carbons (Fsp3) is 0.692. The van der Waals surface area contributed by atoms with Crippen molar-refractivity contribution in [2.24, 2.45) is 28.9 Å². The molecule has 0 saturated heterocycles. The maximum atomic E-state index is 13.5. The van der Waals surface area contributed by atoms with Crippen LogP contribution < -0.4 is 16.4 Å². The molecule has 1 aromatic heterocycles. The van der Waals surface area contributed by atoms with Crippen LogP contribution in [0.15, 0.2) is 17.3 Å². The molecule has 198 valence electrons. The molecule has 36 heavy (non-hydrogen) atoms. The van der Waals surface area contributed by atoms with Gasteiger partial charge in [-0.25, -0.2) is 9.48 Å². The smallest absolute Gasteiger partial charge is 0.405 e. The van der Waals surface area contributed by atoms with E-state index in [-0.39, 0.29) is 34.9 Å². The second kappa shape index (κ2) is 10.1. The molecule has 0 radical (unpaired) electrons. The minimum atomic E-state index is -0.715. The van der Waals surface area contributed by atoms with Crippen LogP contribution in [0, 0.1) is 23.2 Å². The van der Waals surface area contributed by atoms with Crippen LogP contribution >= 0.6 is 11.8 Å². The Morgan fingerprint density at radius 2 is 1.94 bits per heavy atom. The molecule has 4 aliphatic carbocycles. The van der Waals surface area contributed by atoms with Gasteiger partial charge in [0.2, 0.25) is 5.91 Å². The summed E-state index contributed by atoms with van der Waals surface area (Å²) in [5.41, 5.74) is 4.73. The molecule has 4 fully saturated rings. The third kappa shape index (κ3) is 5.43. The number of nitrogens with one attached hydrogen (secondary N) is 2. The molecule has 4 saturated carbocycles. The fourth-order valence-corrected chi connectivity index (χ4v) is 7.36. The molecular weight excluding hydrogens is 478 g/mol. The zero-order chi connectivity index (χ0) is 26.3. The minimum absolute atomic E-state index is 0.0473. The normalized spacial score (nSPS) is 29.1. The zero-order valence-corrected chi connectivity index (χ0v) is 22.7. The number of carbonyl (C=O) groups is 3. The summed E-state index contributed by atoms with van der Waals surface area (Å²) in [6.07, 6.45) is 8.94. The molecule has 2 atom stereocenters. The van der Waals surface area contributed by atoms with Gasteiger partial charge in [-0.1, -0.05) is 19.9 Å². The number of amides is 3. The Bertz CT molecular complexity index is 1030. The third-order valence-corrected chi connectivity index (χ3v) is 8.83. The Kier molecular flexibility index (Phi) is 7.46. The zero-order valence-electron chi connectivity index (χ0n) is 21.9. The summed E-state index contributed by atoms with van der Waals surface area (Å²) in [4.78, 5) is 37.5. The van der Waals surface area contributed by atoms with Crippen molar-refractivity contribution in [1.29, 1.82) is 0 Å². The molecule has 9 nitrogen and oxygen atoms in total. The number of hydrogen-bond acceptors (Lipinski definition) is 6. The van der Waals surface area contributed by atoms with Crippen LogP contribution in [0.5, 0.6) is 0 Å². The lowest BCUT2D eigenvalue weighted by Gasteiger charge is -2.58. The van der Waals surface area contributed by atoms with Crippen molar-refractivity contribution in [3.8, 4) is 0 Å². The average Bonchev–Trinajstić information content (AvgIpc) is 3.15. The van der Waals surface area contributed by atoms with E-state index in [1.807, 2.05) is 26.8 Å². The highest BCUT2D eigenvalue weighted by Crippen LogP contribution is 2.57. The van der Waals surface area contributed by atoms with Crippen molar-refractivity contribution in [1.82, 2.24) is 20.4 Å². The van der Waals surface area contributed by atoms with Crippen molar-refractivity contribution >= 4 is 35.9 Å². The molecule has 1 heterocycles. The Balaban J connectivity index is 1.52. The van der Waals surface area contributed by atoms with E-state index in [2.05, 4.69) is 29.6 Å². The van der Waals surface area contributed by atoms with Crippen LogP contribution in [-0.4, -0.2) is 51.1 Å². The van der Waals surface area contributed by atoms with Gasteiger partial charge in [0.05, 0.1) is 17.2 Å². The van der Waals surface area contributed by atoms with Crippen molar-refractivity contribution < 1.29 is 19.1 Å². The molecule has 0 spiro atoms. The van der Waals surface area contributed by atoms with E-state index in [1.54, 1.807) is 28.8 Å². The van der Waals surface area contributed by atoms with Gasteiger partial charge in [0, 0.05) is 24.0 Å². The predicted octanol–water partition coefficient (Wildman–Crippen LogP) is 3.79. The van der Waals surface area contributed by atoms with Gasteiger partial charge in [-0.2, -0.15) is 5.10 Å². The summed E-state index contributed by atoms with van der Waals surface area (Å²) < 4.78 is 7.30. The standard InChI is InChI=1S/C26H39N5O4S/c1-6-28-23(33)25(4,5)7-8-31-22(36-15(2)3)19(14-29-31)21(32)30-20-17-9-16-10-18(20)13-26(11-16,12-17)35-24(27)34/h7-8,14-18,20H,6,9-13H2,1-5H3,(H2,27,34)(H,28,33)(H,30,32). The second-order valence-corrected chi connectivity index (χ2v) is 13.0. The number of rotatable bonds is 9. The molecule has 2 unspecified atom stereocenters. The SMILES string of the molecule is CCNC(=O)C(C)(C)C=Cn1ncc(C(=O)NC2C3CC4CC2CC(OC(N)=O)(C4)C3)c1SC(C)C. The monoisotopic (exact) mass is 517 g/mol. The Hall–Kier alpha value is -2.49. The average molecular weight is 518 g/mol. The van der Waals surface area contributed by atoms with Crippen molar-refractivity contribution in [2.45, 2.75) is 88.6 Å². The predicted molar refractivity (Wildman–Crippen MR) is 139 cm³/mol. The lowest BCUT2D eigenvalue weighted by Crippen LogP contribution is -2.63. The molecule has 1 aromatic rings. The van der Waals surface area contributed by atoms with Gasteiger partial charge in [-0.3, -0.25) is 9.59 Å². The van der Waals surface area contributed by atoms with Crippen LogP contribution in [-0.2, 0) is 9.53 Å².